The number of allylic oxidation sites excluding steroid dienone is 1. The molecule has 2 heterocycles. The summed E-state index contributed by atoms with van der Waals surface area (Å²) < 4.78 is 20.7. The highest BCUT2D eigenvalue weighted by Gasteiger charge is 2.16. The number of hydrogen-bond donors (Lipinski definition) is 1. The van der Waals surface area contributed by atoms with Crippen LogP contribution in [0.3, 0.4) is 0 Å². The van der Waals surface area contributed by atoms with Crippen molar-refractivity contribution in [2.75, 3.05) is 0 Å². The van der Waals surface area contributed by atoms with Crippen molar-refractivity contribution in [2.24, 2.45) is 0 Å². The Labute approximate surface area is 236 Å². The molecule has 0 unspecified atom stereocenters. The molecule has 8 heteroatoms. The van der Waals surface area contributed by atoms with Gasteiger partial charge in [-0.05, 0) is 79.8 Å². The van der Waals surface area contributed by atoms with Crippen molar-refractivity contribution in [1.29, 1.82) is 0 Å². The van der Waals surface area contributed by atoms with Crippen LogP contribution >= 0.6 is 0 Å². The van der Waals surface area contributed by atoms with E-state index in [4.69, 9.17) is 14.6 Å². The molecule has 3 aromatic carbocycles. The van der Waals surface area contributed by atoms with Crippen molar-refractivity contribution in [3.8, 4) is 16.9 Å². The molecule has 0 aliphatic carbocycles. The van der Waals surface area contributed by atoms with Crippen LogP contribution in [0.15, 0.2) is 82.1 Å². The number of aliphatic carboxylic acids is 1. The third-order valence-corrected chi connectivity index (χ3v) is 6.99. The molecule has 41 heavy (non-hydrogen) atoms. The van der Waals surface area contributed by atoms with E-state index in [0.29, 0.717) is 59.6 Å². The van der Waals surface area contributed by atoms with Crippen LogP contribution in [-0.4, -0.2) is 25.8 Å². The Balaban J connectivity index is 1.48. The summed E-state index contributed by atoms with van der Waals surface area (Å²) in [7, 11) is 0. The molecule has 2 aromatic heterocycles. The molecule has 0 bridgehead atoms. The van der Waals surface area contributed by atoms with E-state index in [1.54, 1.807) is 6.07 Å². The van der Waals surface area contributed by atoms with E-state index in [2.05, 4.69) is 36.4 Å². The van der Waals surface area contributed by atoms with E-state index in [1.165, 1.54) is 34.4 Å². The van der Waals surface area contributed by atoms with Crippen molar-refractivity contribution in [3.05, 3.63) is 117 Å². The van der Waals surface area contributed by atoms with Crippen LogP contribution < -0.4 is 5.56 Å². The summed E-state index contributed by atoms with van der Waals surface area (Å²) in [6, 6.07) is 19.2. The van der Waals surface area contributed by atoms with Crippen LogP contribution in [0.1, 0.15) is 54.5 Å². The van der Waals surface area contributed by atoms with Crippen LogP contribution in [0.4, 0.5) is 4.39 Å². The van der Waals surface area contributed by atoms with Crippen LogP contribution in [-0.2, 0) is 17.6 Å². The summed E-state index contributed by atoms with van der Waals surface area (Å²) in [6.07, 6.45) is 6.09. The summed E-state index contributed by atoms with van der Waals surface area (Å²) >= 11 is 0. The zero-order valence-corrected chi connectivity index (χ0v) is 22.9. The maximum Gasteiger partial charge on any atom is 0.303 e. The largest absolute Gasteiger partial charge is 0.481 e. The fourth-order valence-electron chi connectivity index (χ4n) is 4.87. The molecule has 0 spiro atoms. The molecule has 0 aliphatic rings. The molecule has 5 aromatic rings. The molecule has 1 N–H and O–H groups in total. The van der Waals surface area contributed by atoms with Gasteiger partial charge in [-0.3, -0.25) is 14.2 Å². The second-order valence-electron chi connectivity index (χ2n) is 10.0. The lowest BCUT2D eigenvalue weighted by Crippen LogP contribution is -2.24. The van der Waals surface area contributed by atoms with Gasteiger partial charge in [0.25, 0.3) is 5.56 Å². The van der Waals surface area contributed by atoms with E-state index in [1.807, 2.05) is 31.2 Å². The van der Waals surface area contributed by atoms with Crippen LogP contribution in [0.2, 0.25) is 0 Å². The first-order valence-corrected chi connectivity index (χ1v) is 13.5. The Morgan fingerprint density at radius 1 is 1.05 bits per heavy atom. The van der Waals surface area contributed by atoms with Crippen molar-refractivity contribution in [1.82, 2.24) is 14.7 Å². The molecule has 0 aliphatic heterocycles. The van der Waals surface area contributed by atoms with Gasteiger partial charge in [0.2, 0.25) is 0 Å². The first-order valence-electron chi connectivity index (χ1n) is 13.5. The average Bonchev–Trinajstić information content (AvgIpc) is 3.42. The minimum absolute atomic E-state index is 0.0339. The standard InChI is InChI=1S/C33H30FN3O4/c1-3-6-23-17-22(10-9-21(23)2)18-27-20-29(36-41-27)24-11-16-28-30(19-24)35-31(7-4-5-8-32(38)39)37(33(28)40)26-14-12-25(34)13-15-26/h3,6,9-17,19-20H,4-5,7-8,18H2,1-2H3,(H,38,39). The number of nitrogens with zero attached hydrogens (tertiary/aromatic N) is 3. The molecule has 0 saturated heterocycles. The Morgan fingerprint density at radius 3 is 2.61 bits per heavy atom. The van der Waals surface area contributed by atoms with Crippen molar-refractivity contribution in [3.63, 3.8) is 0 Å². The highest BCUT2D eigenvalue weighted by molar-refractivity contribution is 5.83. The fourth-order valence-corrected chi connectivity index (χ4v) is 4.87. The molecule has 0 fully saturated rings. The van der Waals surface area contributed by atoms with E-state index in [9.17, 15) is 14.0 Å². The minimum atomic E-state index is -0.871. The molecule has 5 rings (SSSR count). The smallest absolute Gasteiger partial charge is 0.303 e. The van der Waals surface area contributed by atoms with Gasteiger partial charge in [0, 0.05) is 30.9 Å². The lowest BCUT2D eigenvalue weighted by Gasteiger charge is -2.14. The molecule has 0 amide bonds. The number of aromatic nitrogens is 3. The highest BCUT2D eigenvalue weighted by atomic mass is 19.1. The molecular weight excluding hydrogens is 521 g/mol. The SMILES string of the molecule is CC=Cc1cc(Cc2cc(-c3ccc4c(=O)n(-c5ccc(F)cc5)c(CCCCC(=O)O)nc4c3)no2)ccc1C. The Hall–Kier alpha value is -4.85. The number of halogens is 1. The number of unbranched alkanes of at least 4 members (excludes halogenated alkanes) is 1. The number of carboxylic acid groups (broad SMARTS) is 1. The molecule has 7 nitrogen and oxygen atoms in total. The summed E-state index contributed by atoms with van der Waals surface area (Å²) in [4.78, 5) is 29.4. The van der Waals surface area contributed by atoms with Crippen molar-refractivity contribution < 1.29 is 18.8 Å². The monoisotopic (exact) mass is 551 g/mol. The number of aryl methyl sites for hydroxylation is 2. The fraction of sp³-hybridized carbons (Fsp3) is 0.212. The van der Waals surface area contributed by atoms with Crippen molar-refractivity contribution >= 4 is 22.9 Å². The second-order valence-corrected chi connectivity index (χ2v) is 10.0. The number of rotatable bonds is 10. The normalized spacial score (nSPS) is 11.5. The van der Waals surface area contributed by atoms with Gasteiger partial charge in [0.05, 0.1) is 16.6 Å². The van der Waals surface area contributed by atoms with Gasteiger partial charge in [-0.25, -0.2) is 9.37 Å². The van der Waals surface area contributed by atoms with Gasteiger partial charge in [-0.15, -0.1) is 0 Å². The van der Waals surface area contributed by atoms with Gasteiger partial charge >= 0.3 is 5.97 Å². The third-order valence-electron chi connectivity index (χ3n) is 6.99. The maximum absolute atomic E-state index is 13.6. The number of hydrogen-bond acceptors (Lipinski definition) is 5. The summed E-state index contributed by atoms with van der Waals surface area (Å²) in [5.41, 5.74) is 5.59. The molecular formula is C33H30FN3O4. The number of carbonyl (C=O) groups is 1. The van der Waals surface area contributed by atoms with E-state index >= 15 is 0 Å². The Kier molecular flexibility index (Phi) is 8.19. The summed E-state index contributed by atoms with van der Waals surface area (Å²) in [5, 5.41) is 13.7. The topological polar surface area (TPSA) is 98.2 Å². The Bertz CT molecular complexity index is 1800. The first-order chi connectivity index (χ1) is 19.8. The summed E-state index contributed by atoms with van der Waals surface area (Å²) in [5.74, 6) is -0.0802. The lowest BCUT2D eigenvalue weighted by molar-refractivity contribution is -0.137. The van der Waals surface area contributed by atoms with Crippen LogP contribution in [0.5, 0.6) is 0 Å². The molecule has 0 radical (unpaired) electrons. The van der Waals surface area contributed by atoms with Crippen LogP contribution in [0.25, 0.3) is 33.9 Å². The number of benzene rings is 3. The predicted molar refractivity (Wildman–Crippen MR) is 157 cm³/mol. The zero-order valence-electron chi connectivity index (χ0n) is 22.9. The lowest BCUT2D eigenvalue weighted by atomic mass is 10.0. The van der Waals surface area contributed by atoms with Gasteiger partial charge in [-0.1, -0.05) is 41.6 Å². The predicted octanol–water partition coefficient (Wildman–Crippen LogP) is 6.91. The third kappa shape index (κ3) is 6.32. The second kappa shape index (κ2) is 12.1. The van der Waals surface area contributed by atoms with E-state index in [0.717, 1.165) is 16.7 Å². The van der Waals surface area contributed by atoms with Gasteiger partial charge in [-0.2, -0.15) is 0 Å². The number of carboxylic acids is 1. The maximum atomic E-state index is 13.6. The van der Waals surface area contributed by atoms with Gasteiger partial charge < -0.3 is 9.63 Å². The van der Waals surface area contributed by atoms with Gasteiger partial charge in [0.15, 0.2) is 0 Å². The quantitative estimate of drug-likeness (QED) is 0.189. The van der Waals surface area contributed by atoms with Crippen molar-refractivity contribution in [2.45, 2.75) is 46.0 Å². The minimum Gasteiger partial charge on any atom is -0.481 e. The first kappa shape index (κ1) is 27.7. The van der Waals surface area contributed by atoms with E-state index < -0.39 is 11.8 Å². The summed E-state index contributed by atoms with van der Waals surface area (Å²) in [6.45, 7) is 4.07. The molecule has 0 atom stereocenters. The number of fused-ring (bicyclic) bond motifs is 1. The highest BCUT2D eigenvalue weighted by Crippen LogP contribution is 2.25. The molecule has 208 valence electrons. The Morgan fingerprint density at radius 2 is 1.85 bits per heavy atom. The average molecular weight is 552 g/mol. The van der Waals surface area contributed by atoms with E-state index in [-0.39, 0.29) is 12.0 Å². The van der Waals surface area contributed by atoms with Gasteiger partial charge in [0.1, 0.15) is 23.1 Å². The zero-order chi connectivity index (χ0) is 28.9. The van der Waals surface area contributed by atoms with Crippen LogP contribution in [0, 0.1) is 12.7 Å². The molecule has 0 saturated carbocycles.